The van der Waals surface area contributed by atoms with Gasteiger partial charge in [0.15, 0.2) is 19.7 Å². The Morgan fingerprint density at radius 1 is 0.386 bits per heavy atom. The highest BCUT2D eigenvalue weighted by atomic mass is 32.1. The van der Waals surface area contributed by atoms with Gasteiger partial charge in [-0.1, -0.05) is 182 Å². The molecule has 0 bridgehead atoms. The molecule has 4 nitrogen and oxygen atoms in total. The number of thiophene rings is 1. The standard InChI is InChI=1S/C51H34N4SSi/c1-5-18-35(19-6-1)49-52-50(36-20-7-2-8-21-36)54-51(53-49)55-43-28-15-13-26-40(43)41-33-32-39(34-44(41)55)57(37-22-9-3-10-23-37,38-24-11-4-12-25-38)47-31-17-30-46-48(47)42-27-14-16-29-45(42)56-46/h1-34H. The van der Waals surface area contributed by atoms with Crippen molar-refractivity contribution >= 4 is 82.1 Å². The molecule has 0 saturated heterocycles. The average Bonchev–Trinajstić information content (AvgIpc) is 3.84. The molecule has 0 radical (unpaired) electrons. The normalized spacial score (nSPS) is 11.9. The fraction of sp³-hybridized carbons (Fsp3) is 0. The van der Waals surface area contributed by atoms with Crippen LogP contribution in [0.15, 0.2) is 206 Å². The molecule has 0 unspecified atom stereocenters. The average molecular weight is 763 g/mol. The van der Waals surface area contributed by atoms with Gasteiger partial charge in [-0.3, -0.25) is 4.57 Å². The minimum atomic E-state index is -3.02. The molecule has 6 heteroatoms. The SMILES string of the molecule is c1ccc(-c2nc(-c3ccccc3)nc(-n3c4ccccc4c4ccc([Si](c5ccccc5)(c5ccccc5)c5cccc6sc7ccccc7c56)cc43)n2)cc1. The third-order valence-electron chi connectivity index (χ3n) is 11.2. The van der Waals surface area contributed by atoms with Crippen LogP contribution < -0.4 is 20.7 Å². The van der Waals surface area contributed by atoms with Gasteiger partial charge < -0.3 is 0 Å². The first-order chi connectivity index (χ1) is 28.3. The zero-order valence-corrected chi connectivity index (χ0v) is 32.6. The molecule has 0 saturated carbocycles. The van der Waals surface area contributed by atoms with Gasteiger partial charge in [0, 0.05) is 42.1 Å². The number of hydrogen-bond donors (Lipinski definition) is 0. The number of fused-ring (bicyclic) bond motifs is 6. The number of nitrogens with zero attached hydrogens (tertiary/aromatic N) is 4. The van der Waals surface area contributed by atoms with Gasteiger partial charge in [0.05, 0.1) is 11.0 Å². The van der Waals surface area contributed by atoms with Crippen molar-refractivity contribution in [3.05, 3.63) is 206 Å². The third-order valence-corrected chi connectivity index (χ3v) is 17.2. The topological polar surface area (TPSA) is 43.6 Å². The second-order valence-electron chi connectivity index (χ2n) is 14.4. The van der Waals surface area contributed by atoms with E-state index in [2.05, 4.69) is 174 Å². The van der Waals surface area contributed by atoms with Gasteiger partial charge in [-0.15, -0.1) is 11.3 Å². The largest absolute Gasteiger partial charge is 0.278 e. The first kappa shape index (κ1) is 33.4. The Morgan fingerprint density at radius 3 is 1.56 bits per heavy atom. The lowest BCUT2D eigenvalue weighted by Gasteiger charge is -2.35. The summed E-state index contributed by atoms with van der Waals surface area (Å²) in [6.45, 7) is 0. The molecule has 0 fully saturated rings. The molecule has 0 aliphatic heterocycles. The smallest absolute Gasteiger partial charge is 0.238 e. The summed E-state index contributed by atoms with van der Waals surface area (Å²) in [5, 5.41) is 10.3. The van der Waals surface area contributed by atoms with E-state index in [-0.39, 0.29) is 0 Å². The van der Waals surface area contributed by atoms with Gasteiger partial charge >= 0.3 is 0 Å². The summed E-state index contributed by atoms with van der Waals surface area (Å²) >= 11 is 1.88. The summed E-state index contributed by atoms with van der Waals surface area (Å²) in [6, 6.07) is 74.4. The molecule has 57 heavy (non-hydrogen) atoms. The second-order valence-corrected chi connectivity index (χ2v) is 19.2. The van der Waals surface area contributed by atoms with Crippen molar-refractivity contribution in [1.82, 2.24) is 19.5 Å². The van der Waals surface area contributed by atoms with E-state index >= 15 is 0 Å². The van der Waals surface area contributed by atoms with E-state index in [1.54, 1.807) is 0 Å². The number of hydrogen-bond acceptors (Lipinski definition) is 4. The molecule has 0 N–H and O–H groups in total. The molecule has 3 heterocycles. The number of aromatic nitrogens is 4. The first-order valence-electron chi connectivity index (χ1n) is 19.2. The molecule has 0 amide bonds. The van der Waals surface area contributed by atoms with Crippen molar-refractivity contribution in [2.75, 3.05) is 0 Å². The monoisotopic (exact) mass is 762 g/mol. The molecule has 11 aromatic rings. The number of benzene rings is 8. The molecule has 8 aromatic carbocycles. The molecule has 11 rings (SSSR count). The van der Waals surface area contributed by atoms with Gasteiger partial charge in [-0.25, -0.2) is 4.98 Å². The van der Waals surface area contributed by atoms with Crippen LogP contribution in [0.3, 0.4) is 0 Å². The summed E-state index contributed by atoms with van der Waals surface area (Å²) < 4.78 is 4.86. The lowest BCUT2D eigenvalue weighted by molar-refractivity contribution is 0.953. The van der Waals surface area contributed by atoms with Crippen molar-refractivity contribution in [3.8, 4) is 28.7 Å². The molecule has 0 aliphatic rings. The molecule has 268 valence electrons. The minimum absolute atomic E-state index is 0.587. The van der Waals surface area contributed by atoms with Crippen LogP contribution in [0.1, 0.15) is 0 Å². The molecule has 0 spiro atoms. The van der Waals surface area contributed by atoms with E-state index in [0.717, 1.165) is 32.9 Å². The lowest BCUT2D eigenvalue weighted by atomic mass is 10.1. The van der Waals surface area contributed by atoms with Crippen LogP contribution in [0.2, 0.25) is 0 Å². The van der Waals surface area contributed by atoms with E-state index in [9.17, 15) is 0 Å². The van der Waals surface area contributed by atoms with Crippen molar-refractivity contribution in [3.63, 3.8) is 0 Å². The van der Waals surface area contributed by atoms with E-state index < -0.39 is 8.07 Å². The van der Waals surface area contributed by atoms with Crippen molar-refractivity contribution in [2.24, 2.45) is 0 Å². The highest BCUT2D eigenvalue weighted by Crippen LogP contribution is 2.35. The van der Waals surface area contributed by atoms with E-state index in [0.29, 0.717) is 17.6 Å². The minimum Gasteiger partial charge on any atom is -0.278 e. The van der Waals surface area contributed by atoms with E-state index in [1.807, 2.05) is 47.7 Å². The van der Waals surface area contributed by atoms with E-state index in [1.165, 1.54) is 40.9 Å². The summed E-state index contributed by atoms with van der Waals surface area (Å²) in [7, 11) is -3.02. The Labute approximate surface area is 335 Å². The predicted molar refractivity (Wildman–Crippen MR) is 242 cm³/mol. The van der Waals surface area contributed by atoms with Crippen LogP contribution in [0.5, 0.6) is 0 Å². The van der Waals surface area contributed by atoms with Crippen LogP contribution >= 0.6 is 11.3 Å². The number of rotatable bonds is 7. The molecule has 0 aliphatic carbocycles. The quantitative estimate of drug-likeness (QED) is 0.120. The predicted octanol–water partition coefficient (Wildman–Crippen LogP) is 10.0. The second kappa shape index (κ2) is 13.6. The third kappa shape index (κ3) is 5.37. The van der Waals surface area contributed by atoms with Crippen LogP contribution in [0.4, 0.5) is 0 Å². The summed E-state index contributed by atoms with van der Waals surface area (Å²) in [5.74, 6) is 1.85. The van der Waals surface area contributed by atoms with Gasteiger partial charge in [-0.2, -0.15) is 9.97 Å². The zero-order chi connectivity index (χ0) is 37.8. The maximum atomic E-state index is 5.26. The van der Waals surface area contributed by atoms with Crippen LogP contribution in [-0.2, 0) is 0 Å². The Kier molecular flexibility index (Phi) is 7.98. The lowest BCUT2D eigenvalue weighted by Crippen LogP contribution is -2.74. The Bertz CT molecular complexity index is 3140. The zero-order valence-electron chi connectivity index (χ0n) is 30.8. The van der Waals surface area contributed by atoms with Gasteiger partial charge in [0.2, 0.25) is 5.95 Å². The molecule has 0 atom stereocenters. The van der Waals surface area contributed by atoms with Crippen LogP contribution in [0, 0.1) is 0 Å². The van der Waals surface area contributed by atoms with Gasteiger partial charge in [-0.05, 0) is 45.0 Å². The molecular formula is C51H34N4SSi. The van der Waals surface area contributed by atoms with E-state index in [4.69, 9.17) is 15.0 Å². The maximum Gasteiger partial charge on any atom is 0.238 e. The fourth-order valence-corrected chi connectivity index (χ4v) is 15.0. The summed E-state index contributed by atoms with van der Waals surface area (Å²) in [5.41, 5.74) is 3.99. The fourth-order valence-electron chi connectivity index (χ4n) is 8.75. The van der Waals surface area contributed by atoms with Crippen LogP contribution in [-0.4, -0.2) is 27.6 Å². The van der Waals surface area contributed by atoms with Crippen molar-refractivity contribution in [1.29, 1.82) is 0 Å². The molecular weight excluding hydrogens is 729 g/mol. The Hall–Kier alpha value is -6.99. The highest BCUT2D eigenvalue weighted by Gasteiger charge is 2.43. The van der Waals surface area contributed by atoms with Gasteiger partial charge in [0.1, 0.15) is 0 Å². The Balaban J connectivity index is 1.27. The first-order valence-corrected chi connectivity index (χ1v) is 22.0. The van der Waals surface area contributed by atoms with Gasteiger partial charge in [0.25, 0.3) is 0 Å². The highest BCUT2D eigenvalue weighted by molar-refractivity contribution is 7.27. The Morgan fingerprint density at radius 2 is 0.912 bits per heavy atom. The summed E-state index contributed by atoms with van der Waals surface area (Å²) in [4.78, 5) is 15.6. The van der Waals surface area contributed by atoms with Crippen LogP contribution in [0.25, 0.3) is 70.7 Å². The summed E-state index contributed by atoms with van der Waals surface area (Å²) in [6.07, 6.45) is 0. The molecule has 3 aromatic heterocycles. The number of para-hydroxylation sites is 1. The van der Waals surface area contributed by atoms with Crippen molar-refractivity contribution < 1.29 is 0 Å². The van der Waals surface area contributed by atoms with Crippen molar-refractivity contribution in [2.45, 2.75) is 0 Å². The maximum absolute atomic E-state index is 5.26.